The molecule has 0 saturated heterocycles. The van der Waals surface area contributed by atoms with Crippen molar-refractivity contribution < 1.29 is 30.0 Å². The summed E-state index contributed by atoms with van der Waals surface area (Å²) < 4.78 is 0. The van der Waals surface area contributed by atoms with E-state index < -0.39 is 18.0 Å². The Kier molecular flexibility index (Phi) is 12.1. The number of nitrogens with two attached hydrogens (primary N) is 2. The quantitative estimate of drug-likeness (QED) is 0.236. The molecule has 13 heavy (non-hydrogen) atoms. The summed E-state index contributed by atoms with van der Waals surface area (Å²) in [6.07, 6.45) is 0. The molecule has 0 aromatic rings. The minimum atomic E-state index is -2.50. The monoisotopic (exact) mass is 198 g/mol. The molecule has 0 spiro atoms. The van der Waals surface area contributed by atoms with Crippen LogP contribution in [0.1, 0.15) is 13.8 Å². The molecule has 0 unspecified atom stereocenters. The molecule has 0 radical (unpaired) electrons. The largest absolute Gasteiger partial charge is 0.481 e. The van der Waals surface area contributed by atoms with Gasteiger partial charge in [-0.3, -0.25) is 21.1 Å². The topological polar surface area (TPSA) is 167 Å². The van der Waals surface area contributed by atoms with E-state index in [1.165, 1.54) is 0 Å². The van der Waals surface area contributed by atoms with E-state index in [-0.39, 0.29) is 0 Å². The smallest absolute Gasteiger partial charge is 0.300 e. The Morgan fingerprint density at radius 3 is 1.00 bits per heavy atom. The van der Waals surface area contributed by atoms with Crippen molar-refractivity contribution in [2.45, 2.75) is 19.9 Å². The summed E-state index contributed by atoms with van der Waals surface area (Å²) in [6.45, 7) is 2.17. The fraction of sp³-hybridized carbons (Fsp3) is 0.600. The summed E-state index contributed by atoms with van der Waals surface area (Å²) in [6, 6.07) is -2.50. The summed E-state index contributed by atoms with van der Waals surface area (Å²) in [4.78, 5) is 18.0. The van der Waals surface area contributed by atoms with Crippen molar-refractivity contribution in [2.75, 3.05) is 0 Å². The van der Waals surface area contributed by atoms with Gasteiger partial charge in [0, 0.05) is 13.8 Å². The van der Waals surface area contributed by atoms with E-state index in [4.69, 9.17) is 30.0 Å². The second-order valence-corrected chi connectivity index (χ2v) is 1.82. The van der Waals surface area contributed by atoms with E-state index in [1.807, 2.05) is 0 Å². The molecule has 0 aliphatic rings. The third-order valence-corrected chi connectivity index (χ3v) is 0. The van der Waals surface area contributed by atoms with E-state index in [0.717, 1.165) is 13.8 Å². The fourth-order valence-electron chi connectivity index (χ4n) is 0. The Morgan fingerprint density at radius 2 is 1.00 bits per heavy atom. The first-order valence-electron chi connectivity index (χ1n) is 2.88. The predicted octanol–water partition coefficient (Wildman–Crippen LogP) is -2.32. The minimum Gasteiger partial charge on any atom is -0.481 e. The number of aliphatic carboxylic acids is 2. The van der Waals surface area contributed by atoms with Gasteiger partial charge in [-0.2, -0.15) is 0 Å². The zero-order chi connectivity index (χ0) is 11.7. The van der Waals surface area contributed by atoms with Crippen molar-refractivity contribution in [3.63, 3.8) is 0 Å². The van der Waals surface area contributed by atoms with Crippen molar-refractivity contribution in [3.8, 4) is 0 Å². The molecule has 8 N–H and O–H groups in total. The van der Waals surface area contributed by atoms with Gasteiger partial charge in [-0.1, -0.05) is 0 Å². The Hall–Kier alpha value is -1.22. The van der Waals surface area contributed by atoms with Crippen LogP contribution in [0.5, 0.6) is 0 Å². The van der Waals surface area contributed by atoms with Gasteiger partial charge < -0.3 is 20.4 Å². The van der Waals surface area contributed by atoms with Crippen LogP contribution in [0.4, 0.5) is 0 Å². The molecular formula is C5H14N2O6. The lowest BCUT2D eigenvalue weighted by Gasteiger charge is -2.03. The first kappa shape index (κ1) is 17.8. The second kappa shape index (κ2) is 8.87. The van der Waals surface area contributed by atoms with Gasteiger partial charge in [0.25, 0.3) is 18.0 Å². The van der Waals surface area contributed by atoms with Crippen molar-refractivity contribution in [1.29, 1.82) is 0 Å². The van der Waals surface area contributed by atoms with Gasteiger partial charge in [-0.15, -0.1) is 0 Å². The first-order chi connectivity index (χ1) is 5.46. The molecule has 0 heterocycles. The van der Waals surface area contributed by atoms with Gasteiger partial charge in [0.15, 0.2) is 0 Å². The van der Waals surface area contributed by atoms with Gasteiger partial charge in [0.2, 0.25) is 0 Å². The molecule has 8 heteroatoms. The maximum absolute atomic E-state index is 9.00. The molecule has 0 aromatic carbocycles. The van der Waals surface area contributed by atoms with Crippen molar-refractivity contribution in [2.24, 2.45) is 11.5 Å². The lowest BCUT2D eigenvalue weighted by atomic mass is 10.9. The highest BCUT2D eigenvalue weighted by Gasteiger charge is 2.01. The molecule has 0 amide bonds. The average molecular weight is 198 g/mol. The number of carboxylic acids is 2. The highest BCUT2D eigenvalue weighted by molar-refractivity contribution is 5.63. The third-order valence-electron chi connectivity index (χ3n) is 0. The number of hydrogen-bond donors (Lipinski definition) is 6. The van der Waals surface area contributed by atoms with Crippen LogP contribution in [0.25, 0.3) is 0 Å². The van der Waals surface area contributed by atoms with Crippen LogP contribution in [0, 0.1) is 0 Å². The van der Waals surface area contributed by atoms with Crippen LogP contribution in [-0.4, -0.2) is 38.4 Å². The number of aliphatic hydroxyl groups is 2. The fourth-order valence-corrected chi connectivity index (χ4v) is 0. The Balaban J connectivity index is -0.000000117. The zero-order valence-electron chi connectivity index (χ0n) is 7.26. The number of carbonyl (C=O) groups is 2. The van der Waals surface area contributed by atoms with Gasteiger partial charge >= 0.3 is 0 Å². The molecule has 0 saturated carbocycles. The molecule has 0 aliphatic heterocycles. The van der Waals surface area contributed by atoms with E-state index in [0.29, 0.717) is 0 Å². The van der Waals surface area contributed by atoms with Crippen LogP contribution in [0.15, 0.2) is 0 Å². The first-order valence-corrected chi connectivity index (χ1v) is 2.88. The van der Waals surface area contributed by atoms with Gasteiger partial charge in [-0.25, -0.2) is 0 Å². The van der Waals surface area contributed by atoms with E-state index in [1.54, 1.807) is 0 Å². The molecule has 0 atom stereocenters. The summed E-state index contributed by atoms with van der Waals surface area (Å²) in [7, 11) is 0. The molecule has 80 valence electrons. The number of carboxylic acid groups (broad SMARTS) is 2. The average Bonchev–Trinajstić information content (AvgIpc) is 1.50. The SMILES string of the molecule is CC(=O)O.CC(=O)O.NC(N)(O)O. The maximum atomic E-state index is 9.00. The van der Waals surface area contributed by atoms with E-state index in [9.17, 15) is 0 Å². The van der Waals surface area contributed by atoms with Crippen molar-refractivity contribution in [3.05, 3.63) is 0 Å². The third kappa shape index (κ3) is 558. The van der Waals surface area contributed by atoms with Crippen molar-refractivity contribution in [1.82, 2.24) is 0 Å². The molecule has 0 bridgehead atoms. The standard InChI is InChI=1S/2C2H4O2.CH6N2O2/c2*1-2(3)4;2-1(3,4)5/h2*1H3,(H,3,4);4-5H,2-3H2. The van der Waals surface area contributed by atoms with Crippen LogP contribution >= 0.6 is 0 Å². The summed E-state index contributed by atoms with van der Waals surface area (Å²) in [5.41, 5.74) is 8.49. The molecule has 0 rings (SSSR count). The number of rotatable bonds is 0. The lowest BCUT2D eigenvalue weighted by Crippen LogP contribution is -2.48. The Morgan fingerprint density at radius 1 is 1.00 bits per heavy atom. The van der Waals surface area contributed by atoms with Crippen LogP contribution in [-0.2, 0) is 9.59 Å². The molecule has 0 fully saturated rings. The summed E-state index contributed by atoms with van der Waals surface area (Å²) in [5.74, 6) is -1.67. The van der Waals surface area contributed by atoms with E-state index in [2.05, 4.69) is 11.5 Å². The zero-order valence-corrected chi connectivity index (χ0v) is 7.26. The van der Waals surface area contributed by atoms with Gasteiger partial charge in [0.1, 0.15) is 0 Å². The van der Waals surface area contributed by atoms with Crippen LogP contribution in [0.2, 0.25) is 0 Å². The normalized spacial score (nSPS) is 8.46. The van der Waals surface area contributed by atoms with Gasteiger partial charge in [0.05, 0.1) is 0 Å². The minimum absolute atomic E-state index is 0.833. The summed E-state index contributed by atoms with van der Waals surface area (Å²) >= 11 is 0. The summed E-state index contributed by atoms with van der Waals surface area (Å²) in [5, 5.41) is 30.1. The van der Waals surface area contributed by atoms with Crippen molar-refractivity contribution >= 4 is 11.9 Å². The second-order valence-electron chi connectivity index (χ2n) is 1.82. The molecular weight excluding hydrogens is 184 g/mol. The Labute approximate surface area is 74.4 Å². The molecule has 0 aliphatic carbocycles. The number of hydrogen-bond acceptors (Lipinski definition) is 6. The van der Waals surface area contributed by atoms with Gasteiger partial charge in [-0.05, 0) is 0 Å². The highest BCUT2D eigenvalue weighted by atomic mass is 16.5. The molecule has 0 aromatic heterocycles. The predicted molar refractivity (Wildman–Crippen MR) is 42.2 cm³/mol. The lowest BCUT2D eigenvalue weighted by molar-refractivity contribution is -0.149. The van der Waals surface area contributed by atoms with Crippen LogP contribution in [0.3, 0.4) is 0 Å². The highest BCUT2D eigenvalue weighted by Crippen LogP contribution is 1.61. The van der Waals surface area contributed by atoms with E-state index >= 15 is 0 Å². The van der Waals surface area contributed by atoms with Crippen LogP contribution < -0.4 is 11.5 Å². The Bertz CT molecular complexity index is 126. The maximum Gasteiger partial charge on any atom is 0.300 e. The molecule has 8 nitrogen and oxygen atoms in total.